The van der Waals surface area contributed by atoms with E-state index in [1.165, 1.54) is 533 Å². The van der Waals surface area contributed by atoms with Gasteiger partial charge in [0.05, 0.1) is 0 Å². The molecule has 0 bridgehead atoms. The van der Waals surface area contributed by atoms with Crippen molar-refractivity contribution in [3.8, 4) is 0 Å². The molecule has 0 aromatic rings. The van der Waals surface area contributed by atoms with E-state index in [4.69, 9.17) is 20.4 Å². The lowest BCUT2D eigenvalue weighted by Gasteiger charge is -2.04. The monoisotopic (exact) mass is 1500 g/mol. The minimum atomic E-state index is -0.674. The molecule has 0 aromatic heterocycles. The number of carbonyl (C=O) groups is 1. The molecule has 0 rings (SSSR count). The molecule has 0 spiro atoms. The Bertz CT molecular complexity index is 1300. The predicted octanol–water partition coefficient (Wildman–Crippen LogP) is 36.4. The van der Waals surface area contributed by atoms with Crippen LogP contribution in [-0.2, 0) is 4.79 Å². The lowest BCUT2D eigenvalue weighted by molar-refractivity contribution is -0.137. The third-order valence-corrected chi connectivity index (χ3v) is 22.6. The molecule has 0 aliphatic rings. The van der Waals surface area contributed by atoms with Crippen LogP contribution in [0.3, 0.4) is 0 Å². The number of carboxylic acids is 1. The van der Waals surface area contributed by atoms with E-state index in [2.05, 4.69) is 27.4 Å². The average Bonchev–Trinajstić information content (AvgIpc) is 3.75. The lowest BCUT2D eigenvalue weighted by atomic mass is 10.0. The van der Waals surface area contributed by atoms with Crippen LogP contribution in [0.4, 0.5) is 0 Å². The zero-order valence-electron chi connectivity index (χ0n) is 74.7. The summed E-state index contributed by atoms with van der Waals surface area (Å²) in [5, 5.41) is 34.6. The Morgan fingerprint density at radius 1 is 0.189 bits per heavy atom. The highest BCUT2D eigenvalue weighted by Crippen LogP contribution is 2.22. The minimum absolute atomic E-state index is 0.326. The van der Waals surface area contributed by atoms with Gasteiger partial charge in [-0.1, -0.05) is 574 Å². The molecule has 0 aliphatic heterocycles. The summed E-state index contributed by atoms with van der Waals surface area (Å²) in [5.41, 5.74) is 0. The van der Waals surface area contributed by atoms with Crippen molar-refractivity contribution in [3.63, 3.8) is 0 Å². The molecule has 0 radical (unpaired) electrons. The molecule has 0 heterocycles. The van der Waals surface area contributed by atoms with E-state index < -0.39 is 5.97 Å². The molecule has 0 saturated carbocycles. The second-order valence-electron chi connectivity index (χ2n) is 33.4. The fourth-order valence-corrected chi connectivity index (χ4v) is 15.3. The Labute approximate surface area is 672 Å². The van der Waals surface area contributed by atoms with Gasteiger partial charge in [-0.3, -0.25) is 4.79 Å². The normalized spacial score (nSPS) is 11.1. The van der Waals surface area contributed by atoms with Crippen LogP contribution < -0.4 is 0 Å². The number of aliphatic hydroxyl groups excluding tert-OH is 3. The Hall–Kier alpha value is -0.910. The Morgan fingerprint density at radius 2 is 0.292 bits per heavy atom. The second-order valence-corrected chi connectivity index (χ2v) is 33.4. The van der Waals surface area contributed by atoms with Crippen molar-refractivity contribution >= 4 is 5.97 Å². The topological polar surface area (TPSA) is 98.0 Å². The highest BCUT2D eigenvalue weighted by atomic mass is 16.4. The van der Waals surface area contributed by atoms with E-state index in [0.717, 1.165) is 38.5 Å². The van der Waals surface area contributed by atoms with Gasteiger partial charge in [0, 0.05) is 26.2 Å². The number of rotatable bonds is 91. The number of hydrogen-bond acceptors (Lipinski definition) is 4. The summed E-state index contributed by atoms with van der Waals surface area (Å²) in [4.78, 5) is 10.2. The molecule has 106 heavy (non-hydrogen) atoms. The Balaban J connectivity index is -0.000000439. The van der Waals surface area contributed by atoms with Gasteiger partial charge in [-0.25, -0.2) is 0 Å². The maximum Gasteiger partial charge on any atom is 0.303 e. The van der Waals surface area contributed by atoms with E-state index in [0.29, 0.717) is 26.2 Å². The number of unbranched alkanes of at least 4 members (excludes halogenated alkanes) is 85. The fraction of sp³-hybridized carbons (Fsp3) is 0.970. The summed E-state index contributed by atoms with van der Waals surface area (Å²) in [6.45, 7) is 15.7. The van der Waals surface area contributed by atoms with Gasteiger partial charge in [0.1, 0.15) is 0 Å². The molecule has 0 aromatic carbocycles. The van der Waals surface area contributed by atoms with E-state index in [9.17, 15) is 4.79 Å². The van der Waals surface area contributed by atoms with Crippen molar-refractivity contribution < 1.29 is 25.2 Å². The summed E-state index contributed by atoms with van der Waals surface area (Å²) < 4.78 is 0. The third-order valence-electron chi connectivity index (χ3n) is 22.6. The molecule has 4 N–H and O–H groups in total. The SMILES string of the molecule is C=CCCCCCCCCC(=O)O.CC.CCCCCCCCCCCCCCCCCCCCCCCCCCCCCCCCO.CCCCCCCCCCCCCCCCCCCCCCCCCCCCCO.CCCCCCCCCCCCCCCCCCCCCCCCCCCO. The van der Waals surface area contributed by atoms with Gasteiger partial charge in [0.2, 0.25) is 0 Å². The van der Waals surface area contributed by atoms with Crippen molar-refractivity contribution in [3.05, 3.63) is 12.7 Å². The van der Waals surface area contributed by atoms with Crippen molar-refractivity contribution in [2.75, 3.05) is 19.8 Å². The van der Waals surface area contributed by atoms with Gasteiger partial charge in [-0.2, -0.15) is 0 Å². The highest BCUT2D eigenvalue weighted by molar-refractivity contribution is 5.66. The lowest BCUT2D eigenvalue weighted by Crippen LogP contribution is -1.93. The summed E-state index contributed by atoms with van der Waals surface area (Å²) in [6.07, 6.45) is 127. The van der Waals surface area contributed by atoms with Crippen LogP contribution in [0.15, 0.2) is 12.7 Å². The zero-order chi connectivity index (χ0) is 78.0. The predicted molar refractivity (Wildman–Crippen MR) is 483 cm³/mol. The smallest absolute Gasteiger partial charge is 0.303 e. The Kier molecular flexibility index (Phi) is 128. The zero-order valence-corrected chi connectivity index (χ0v) is 74.7. The van der Waals surface area contributed by atoms with E-state index >= 15 is 0 Å². The van der Waals surface area contributed by atoms with Crippen molar-refractivity contribution in [2.45, 2.75) is 612 Å². The quantitative estimate of drug-likeness (QED) is 0.0359. The van der Waals surface area contributed by atoms with Gasteiger partial charge in [-0.05, 0) is 38.5 Å². The summed E-state index contributed by atoms with van der Waals surface area (Å²) in [7, 11) is 0. The first-order valence-corrected chi connectivity index (χ1v) is 50.2. The van der Waals surface area contributed by atoms with Gasteiger partial charge in [0.25, 0.3) is 0 Å². The fourth-order valence-electron chi connectivity index (χ4n) is 15.3. The molecule has 0 amide bonds. The van der Waals surface area contributed by atoms with Crippen molar-refractivity contribution in [1.29, 1.82) is 0 Å². The van der Waals surface area contributed by atoms with Gasteiger partial charge in [-0.15, -0.1) is 6.58 Å². The van der Waals surface area contributed by atoms with Crippen LogP contribution in [0.5, 0.6) is 0 Å². The van der Waals surface area contributed by atoms with E-state index in [1.807, 2.05) is 19.9 Å². The van der Waals surface area contributed by atoms with E-state index in [-0.39, 0.29) is 0 Å². The molecule has 642 valence electrons. The highest BCUT2D eigenvalue weighted by Gasteiger charge is 2.03. The molecule has 5 nitrogen and oxygen atoms in total. The van der Waals surface area contributed by atoms with Crippen LogP contribution in [-0.4, -0.2) is 46.2 Å². The first kappa shape index (κ1) is 114. The van der Waals surface area contributed by atoms with Crippen LogP contribution in [0.25, 0.3) is 0 Å². The molecular formula is C101H208O5. The van der Waals surface area contributed by atoms with Crippen molar-refractivity contribution in [1.82, 2.24) is 0 Å². The average molecular weight is 1500 g/mol. The number of aliphatic carboxylic acids is 1. The van der Waals surface area contributed by atoms with Crippen LogP contribution in [0, 0.1) is 0 Å². The number of aliphatic hydroxyl groups is 3. The molecule has 0 atom stereocenters. The summed E-state index contributed by atoms with van der Waals surface area (Å²) in [6, 6.07) is 0. The number of carboxylic acid groups (broad SMARTS) is 1. The number of hydrogen-bond donors (Lipinski definition) is 4. The largest absolute Gasteiger partial charge is 0.481 e. The third kappa shape index (κ3) is 129. The molecule has 5 heteroatoms. The van der Waals surface area contributed by atoms with Gasteiger partial charge >= 0.3 is 5.97 Å². The molecule has 0 fully saturated rings. The maximum absolute atomic E-state index is 10.2. The number of allylic oxidation sites excluding steroid dienone is 1. The van der Waals surface area contributed by atoms with Crippen LogP contribution in [0.2, 0.25) is 0 Å². The standard InChI is InChI=1S/C32H66O.C29H60O.C27H56O.C11H20O2.C2H6/c1-2-3-4-5-6-7-8-9-10-11-12-13-14-15-16-17-18-19-20-21-22-23-24-25-26-27-28-29-30-31-32-33;1-2-3-4-5-6-7-8-9-10-11-12-13-14-15-16-17-18-19-20-21-22-23-24-25-26-27-28-29-30;1-2-3-4-5-6-7-8-9-10-11-12-13-14-15-16-17-18-19-20-21-22-23-24-25-26-27-28;1-2-3-4-5-6-7-8-9-10-11(12)13;1-2/h33H,2-32H2,1H3;30H,2-29H2,1H3;28H,2-27H2,1H3;2H,1,3-10H2,(H,12,13);1-2H3. The maximum atomic E-state index is 10.2. The van der Waals surface area contributed by atoms with Gasteiger partial charge in [0.15, 0.2) is 0 Å². The first-order valence-electron chi connectivity index (χ1n) is 50.2. The van der Waals surface area contributed by atoms with E-state index in [1.54, 1.807) is 0 Å². The molecular weight excluding hydrogens is 1290 g/mol. The minimum Gasteiger partial charge on any atom is -0.481 e. The molecule has 0 aliphatic carbocycles. The van der Waals surface area contributed by atoms with Crippen LogP contribution >= 0.6 is 0 Å². The van der Waals surface area contributed by atoms with Gasteiger partial charge < -0.3 is 20.4 Å². The Morgan fingerprint density at radius 3 is 0.396 bits per heavy atom. The van der Waals surface area contributed by atoms with Crippen LogP contribution in [0.1, 0.15) is 612 Å². The second kappa shape index (κ2) is 120. The molecule has 0 saturated heterocycles. The summed E-state index contributed by atoms with van der Waals surface area (Å²) in [5.74, 6) is -0.674. The first-order chi connectivity index (χ1) is 52.5. The summed E-state index contributed by atoms with van der Waals surface area (Å²) >= 11 is 0. The molecule has 0 unspecified atom stereocenters. The van der Waals surface area contributed by atoms with Crippen molar-refractivity contribution in [2.24, 2.45) is 0 Å².